The molecule has 122 valence electrons. The summed E-state index contributed by atoms with van der Waals surface area (Å²) in [6, 6.07) is 13.5. The van der Waals surface area contributed by atoms with Crippen molar-refractivity contribution >= 4 is 38.9 Å². The molecule has 0 bridgehead atoms. The number of benzene rings is 1. The highest BCUT2D eigenvalue weighted by Crippen LogP contribution is 2.26. The molecule has 0 aliphatic heterocycles. The van der Waals surface area contributed by atoms with E-state index in [4.69, 9.17) is 0 Å². The van der Waals surface area contributed by atoms with Crippen molar-refractivity contribution in [1.29, 1.82) is 0 Å². The number of aromatic nitrogens is 2. The predicted molar refractivity (Wildman–Crippen MR) is 100 cm³/mol. The molecule has 3 aromatic rings. The molecule has 0 saturated heterocycles. The first-order valence-electron chi connectivity index (χ1n) is 7.26. The summed E-state index contributed by atoms with van der Waals surface area (Å²) >= 11 is 5.04. The first kappa shape index (κ1) is 16.6. The molecule has 0 saturated carbocycles. The zero-order valence-electron chi connectivity index (χ0n) is 13.1. The molecule has 1 amide bonds. The third kappa shape index (κ3) is 3.80. The number of H-pyrrole nitrogens is 1. The topological polar surface area (TPSA) is 70.1 Å². The van der Waals surface area contributed by atoms with Gasteiger partial charge in [-0.25, -0.2) is 5.43 Å². The normalized spacial score (nSPS) is 11.5. The molecule has 3 rings (SSSR count). The van der Waals surface area contributed by atoms with E-state index in [1.54, 1.807) is 17.4 Å². The van der Waals surface area contributed by atoms with Gasteiger partial charge in [0.25, 0.3) is 5.91 Å². The zero-order valence-corrected chi connectivity index (χ0v) is 15.5. The Bertz CT molecular complexity index is 895. The Morgan fingerprint density at radius 1 is 1.25 bits per heavy atom. The largest absolute Gasteiger partial charge is 0.291 e. The van der Waals surface area contributed by atoms with Crippen LogP contribution in [-0.2, 0) is 0 Å². The van der Waals surface area contributed by atoms with Crippen LogP contribution in [0.1, 0.15) is 27.9 Å². The summed E-state index contributed by atoms with van der Waals surface area (Å²) in [6.07, 6.45) is 0. The van der Waals surface area contributed by atoms with E-state index in [1.807, 2.05) is 50.2 Å². The van der Waals surface area contributed by atoms with Crippen molar-refractivity contribution in [2.45, 2.75) is 13.8 Å². The molecule has 0 fully saturated rings. The van der Waals surface area contributed by atoms with E-state index < -0.39 is 0 Å². The lowest BCUT2D eigenvalue weighted by atomic mass is 10.1. The van der Waals surface area contributed by atoms with E-state index in [0.29, 0.717) is 5.69 Å². The Morgan fingerprint density at radius 2 is 2.00 bits per heavy atom. The first-order chi connectivity index (χ1) is 11.5. The summed E-state index contributed by atoms with van der Waals surface area (Å²) < 4.78 is 0.996. The van der Waals surface area contributed by atoms with Crippen LogP contribution >= 0.6 is 27.3 Å². The van der Waals surface area contributed by atoms with Gasteiger partial charge in [0.15, 0.2) is 5.69 Å². The van der Waals surface area contributed by atoms with Crippen LogP contribution in [0.3, 0.4) is 0 Å². The predicted octanol–water partition coefficient (Wildman–Crippen LogP) is 4.36. The number of hydrogen-bond acceptors (Lipinski definition) is 4. The number of amides is 1. The number of nitrogens with one attached hydrogen (secondary N) is 2. The summed E-state index contributed by atoms with van der Waals surface area (Å²) in [5.74, 6) is -0.345. The number of carbonyl (C=O) groups excluding carboxylic acids is 1. The van der Waals surface area contributed by atoms with Gasteiger partial charge in [-0.2, -0.15) is 10.2 Å². The van der Waals surface area contributed by atoms with E-state index in [9.17, 15) is 4.79 Å². The SMILES string of the molecule is C/C(=N\NC(=O)c1cc(-c2ccc(C)s2)[nH]n1)c1ccc(Br)cc1. The van der Waals surface area contributed by atoms with Crippen LogP contribution in [-0.4, -0.2) is 21.8 Å². The fourth-order valence-electron chi connectivity index (χ4n) is 2.09. The maximum absolute atomic E-state index is 12.2. The standard InChI is InChI=1S/C17H15BrN4OS/c1-10-3-8-16(24-10)14-9-15(21-20-14)17(23)22-19-11(2)12-4-6-13(18)7-5-12/h3-9H,1-2H3,(H,20,21)(H,22,23)/b19-11+. The van der Waals surface area contributed by atoms with Crippen molar-refractivity contribution in [3.05, 3.63) is 63.1 Å². The van der Waals surface area contributed by atoms with E-state index in [1.165, 1.54) is 4.88 Å². The van der Waals surface area contributed by atoms with E-state index in [-0.39, 0.29) is 5.91 Å². The Hall–Kier alpha value is -2.25. The van der Waals surface area contributed by atoms with Crippen LogP contribution in [0.2, 0.25) is 0 Å². The number of hydrogen-bond donors (Lipinski definition) is 2. The molecule has 2 N–H and O–H groups in total. The number of carbonyl (C=O) groups is 1. The second kappa shape index (κ2) is 7.11. The van der Waals surface area contributed by atoms with Gasteiger partial charge in [-0.1, -0.05) is 28.1 Å². The summed E-state index contributed by atoms with van der Waals surface area (Å²) in [7, 11) is 0. The number of aromatic amines is 1. The smallest absolute Gasteiger partial charge is 0.276 e. The van der Waals surface area contributed by atoms with Gasteiger partial charge in [-0.3, -0.25) is 9.89 Å². The van der Waals surface area contributed by atoms with E-state index >= 15 is 0 Å². The Labute approximate surface area is 151 Å². The lowest BCUT2D eigenvalue weighted by Gasteiger charge is -2.01. The highest BCUT2D eigenvalue weighted by Gasteiger charge is 2.12. The molecule has 7 heteroatoms. The van der Waals surface area contributed by atoms with Gasteiger partial charge < -0.3 is 0 Å². The lowest BCUT2D eigenvalue weighted by Crippen LogP contribution is -2.19. The highest BCUT2D eigenvalue weighted by molar-refractivity contribution is 9.10. The number of halogens is 1. The van der Waals surface area contributed by atoms with Gasteiger partial charge in [-0.15, -0.1) is 11.3 Å². The summed E-state index contributed by atoms with van der Waals surface area (Å²) in [5.41, 5.74) is 5.34. The van der Waals surface area contributed by atoms with Crippen molar-refractivity contribution in [2.75, 3.05) is 0 Å². The minimum atomic E-state index is -0.345. The summed E-state index contributed by atoms with van der Waals surface area (Å²) in [6.45, 7) is 3.88. The molecule has 1 aromatic carbocycles. The second-order valence-corrected chi connectivity index (χ2v) is 7.43. The van der Waals surface area contributed by atoms with Crippen molar-refractivity contribution in [3.8, 4) is 10.6 Å². The van der Waals surface area contributed by atoms with Gasteiger partial charge in [0, 0.05) is 9.35 Å². The molecule has 0 unspecified atom stereocenters. The molecule has 0 radical (unpaired) electrons. The molecule has 24 heavy (non-hydrogen) atoms. The lowest BCUT2D eigenvalue weighted by molar-refractivity contribution is 0.0950. The van der Waals surface area contributed by atoms with E-state index in [2.05, 4.69) is 36.7 Å². The first-order valence-corrected chi connectivity index (χ1v) is 8.86. The van der Waals surface area contributed by atoms with Crippen LogP contribution in [0.4, 0.5) is 0 Å². The van der Waals surface area contributed by atoms with Crippen molar-refractivity contribution < 1.29 is 4.79 Å². The number of nitrogens with zero attached hydrogens (tertiary/aromatic N) is 2. The quantitative estimate of drug-likeness (QED) is 0.502. The average Bonchev–Trinajstić information content (AvgIpc) is 3.22. The summed E-state index contributed by atoms with van der Waals surface area (Å²) in [4.78, 5) is 14.4. The van der Waals surface area contributed by atoms with Gasteiger partial charge >= 0.3 is 0 Å². The monoisotopic (exact) mass is 402 g/mol. The number of thiophene rings is 1. The molecule has 5 nitrogen and oxygen atoms in total. The van der Waals surface area contributed by atoms with Crippen LogP contribution in [0.25, 0.3) is 10.6 Å². The van der Waals surface area contributed by atoms with Gasteiger partial charge in [0.2, 0.25) is 0 Å². The molecule has 2 aromatic heterocycles. The van der Waals surface area contributed by atoms with Crippen LogP contribution in [0, 0.1) is 6.92 Å². The fourth-order valence-corrected chi connectivity index (χ4v) is 3.19. The molecular weight excluding hydrogens is 388 g/mol. The van der Waals surface area contributed by atoms with Crippen molar-refractivity contribution in [1.82, 2.24) is 15.6 Å². The van der Waals surface area contributed by atoms with Gasteiger partial charge in [0.05, 0.1) is 16.3 Å². The minimum Gasteiger partial charge on any atom is -0.276 e. The maximum atomic E-state index is 12.2. The summed E-state index contributed by atoms with van der Waals surface area (Å²) in [5, 5.41) is 11.1. The van der Waals surface area contributed by atoms with Crippen LogP contribution in [0.5, 0.6) is 0 Å². The Kier molecular flexibility index (Phi) is 4.92. The highest BCUT2D eigenvalue weighted by atomic mass is 79.9. The number of rotatable bonds is 4. The zero-order chi connectivity index (χ0) is 17.1. The van der Waals surface area contributed by atoms with Crippen LogP contribution < -0.4 is 5.43 Å². The molecule has 2 heterocycles. The molecule has 0 spiro atoms. The fraction of sp³-hybridized carbons (Fsp3) is 0.118. The molecule has 0 aliphatic carbocycles. The number of hydrazone groups is 1. The van der Waals surface area contributed by atoms with E-state index in [0.717, 1.165) is 26.3 Å². The molecule has 0 aliphatic rings. The third-order valence-corrected chi connectivity index (χ3v) is 4.97. The van der Waals surface area contributed by atoms with Crippen molar-refractivity contribution in [2.24, 2.45) is 5.10 Å². The minimum absolute atomic E-state index is 0.309. The number of aryl methyl sites for hydroxylation is 1. The Morgan fingerprint density at radius 3 is 2.67 bits per heavy atom. The van der Waals surface area contributed by atoms with Crippen molar-refractivity contribution in [3.63, 3.8) is 0 Å². The molecular formula is C17H15BrN4OS. The average molecular weight is 403 g/mol. The van der Waals surface area contributed by atoms with Crippen LogP contribution in [0.15, 0.2) is 52.0 Å². The maximum Gasteiger partial charge on any atom is 0.291 e. The Balaban J connectivity index is 1.70. The molecule has 0 atom stereocenters. The second-order valence-electron chi connectivity index (χ2n) is 5.22. The third-order valence-electron chi connectivity index (χ3n) is 3.40. The van der Waals surface area contributed by atoms with Gasteiger partial charge in [-0.05, 0) is 49.7 Å². The van der Waals surface area contributed by atoms with Gasteiger partial charge in [0.1, 0.15) is 0 Å².